The summed E-state index contributed by atoms with van der Waals surface area (Å²) in [5.41, 5.74) is 2.83. The van der Waals surface area contributed by atoms with Crippen LogP contribution in [0.2, 0.25) is 0 Å². The Hall–Kier alpha value is -4.86. The first kappa shape index (κ1) is 31.7. The third-order valence-electron chi connectivity index (χ3n) is 9.00. The number of ether oxygens (including phenoxy) is 2. The van der Waals surface area contributed by atoms with Gasteiger partial charge in [-0.3, -0.25) is 9.80 Å². The van der Waals surface area contributed by atoms with E-state index in [0.717, 1.165) is 81.4 Å². The largest absolute Gasteiger partial charge is 0.444 e. The van der Waals surface area contributed by atoms with Crippen LogP contribution in [0.4, 0.5) is 9.59 Å². The molecule has 10 nitrogen and oxygen atoms in total. The fraction of sp³-hybridized carbons (Fsp3) is 0.421. The first-order chi connectivity index (χ1) is 22.8. The topological polar surface area (TPSA) is 116 Å². The zero-order valence-corrected chi connectivity index (χ0v) is 28.6. The van der Waals surface area contributed by atoms with E-state index in [4.69, 9.17) is 9.47 Å². The summed E-state index contributed by atoms with van der Waals surface area (Å²) >= 11 is 0. The predicted octanol–water partition coefficient (Wildman–Crippen LogP) is 8.92. The van der Waals surface area contributed by atoms with Crippen LogP contribution in [-0.2, 0) is 9.47 Å². The number of amides is 2. The zero-order valence-electron chi connectivity index (χ0n) is 28.6. The van der Waals surface area contributed by atoms with Crippen LogP contribution in [0.15, 0.2) is 60.9 Å². The molecule has 2 atom stereocenters. The minimum absolute atomic E-state index is 0.125. The van der Waals surface area contributed by atoms with E-state index in [1.807, 2.05) is 53.9 Å². The second-order valence-electron chi connectivity index (χ2n) is 15.0. The number of carbonyl (C=O) groups is 2. The highest BCUT2D eigenvalue weighted by Gasteiger charge is 2.36. The summed E-state index contributed by atoms with van der Waals surface area (Å²) in [5, 5.41) is 4.54. The van der Waals surface area contributed by atoms with E-state index in [0.29, 0.717) is 13.1 Å². The number of aromatic nitrogens is 4. The van der Waals surface area contributed by atoms with Gasteiger partial charge < -0.3 is 19.4 Å². The standard InChI is InChI=1S/C38H44N6O4/c1-37(2,3)47-35(45)43-15-7-9-31(43)33-39-21-29(41-33)25-13-11-23-18-28-20-26(14-12-24(28)17-27(23)19-25)30-22-40-34(42-30)32-10-8-16-44(32)36(46)48-38(4,5)6/h11-14,17-22,31-32H,7-10,15-16H2,1-6H3,(H,39,41)(H,40,42)/t31-,32-/m0/s1. The molecular formula is C38H44N6O4. The first-order valence-electron chi connectivity index (χ1n) is 16.9. The molecule has 4 heterocycles. The maximum atomic E-state index is 12.8. The number of hydrogen-bond donors (Lipinski definition) is 2. The number of likely N-dealkylation sites (tertiary alicyclic amines) is 2. The maximum Gasteiger partial charge on any atom is 0.410 e. The van der Waals surface area contributed by atoms with Gasteiger partial charge in [0.15, 0.2) is 0 Å². The van der Waals surface area contributed by atoms with E-state index in [1.54, 1.807) is 9.80 Å². The molecule has 0 aliphatic carbocycles. The normalized spacial score (nSPS) is 18.6. The van der Waals surface area contributed by atoms with Crippen molar-refractivity contribution in [2.75, 3.05) is 13.1 Å². The van der Waals surface area contributed by atoms with E-state index in [1.165, 1.54) is 0 Å². The smallest absolute Gasteiger partial charge is 0.410 e. The van der Waals surface area contributed by atoms with Gasteiger partial charge in [-0.15, -0.1) is 0 Å². The van der Waals surface area contributed by atoms with Gasteiger partial charge in [-0.1, -0.05) is 24.3 Å². The minimum atomic E-state index is -0.542. The predicted molar refractivity (Wildman–Crippen MR) is 186 cm³/mol. The van der Waals surface area contributed by atoms with Gasteiger partial charge in [-0.25, -0.2) is 19.6 Å². The summed E-state index contributed by atoms with van der Waals surface area (Å²) < 4.78 is 11.3. The highest BCUT2D eigenvalue weighted by molar-refractivity contribution is 6.00. The Balaban J connectivity index is 1.10. The number of hydrogen-bond acceptors (Lipinski definition) is 6. The van der Waals surface area contributed by atoms with Gasteiger partial charge in [0, 0.05) is 24.2 Å². The lowest BCUT2D eigenvalue weighted by Crippen LogP contribution is -2.36. The number of fused-ring (bicyclic) bond motifs is 2. The van der Waals surface area contributed by atoms with Crippen molar-refractivity contribution in [1.82, 2.24) is 29.7 Å². The van der Waals surface area contributed by atoms with Crippen molar-refractivity contribution in [2.24, 2.45) is 0 Å². The van der Waals surface area contributed by atoms with Crippen LogP contribution in [-0.4, -0.2) is 66.2 Å². The summed E-state index contributed by atoms with van der Waals surface area (Å²) in [7, 11) is 0. The highest BCUT2D eigenvalue weighted by atomic mass is 16.6. The van der Waals surface area contributed by atoms with Crippen LogP contribution in [0.1, 0.15) is 91.0 Å². The molecule has 2 aliphatic heterocycles. The van der Waals surface area contributed by atoms with Gasteiger partial charge in [0.2, 0.25) is 0 Å². The molecule has 250 valence electrons. The molecule has 2 aliphatic rings. The van der Waals surface area contributed by atoms with Crippen molar-refractivity contribution < 1.29 is 19.1 Å². The molecular weight excluding hydrogens is 604 g/mol. The van der Waals surface area contributed by atoms with Crippen LogP contribution in [0.3, 0.4) is 0 Å². The molecule has 2 fully saturated rings. The van der Waals surface area contributed by atoms with Crippen LogP contribution in [0.25, 0.3) is 44.1 Å². The summed E-state index contributed by atoms with van der Waals surface area (Å²) in [6, 6.07) is 17.0. The Bertz CT molecular complexity index is 1850. The third-order valence-corrected chi connectivity index (χ3v) is 9.00. The van der Waals surface area contributed by atoms with Crippen molar-refractivity contribution in [2.45, 2.75) is 90.5 Å². The van der Waals surface area contributed by atoms with E-state index >= 15 is 0 Å². The van der Waals surface area contributed by atoms with E-state index in [9.17, 15) is 9.59 Å². The highest BCUT2D eigenvalue weighted by Crippen LogP contribution is 2.36. The number of aromatic amines is 2. The zero-order chi connectivity index (χ0) is 33.8. The van der Waals surface area contributed by atoms with Gasteiger partial charge in [-0.05, 0) is 113 Å². The quantitative estimate of drug-likeness (QED) is 0.188. The van der Waals surface area contributed by atoms with Crippen molar-refractivity contribution in [1.29, 1.82) is 0 Å². The second kappa shape index (κ2) is 12.0. The van der Waals surface area contributed by atoms with Crippen LogP contribution in [0, 0.1) is 0 Å². The summed E-state index contributed by atoms with van der Waals surface area (Å²) in [4.78, 5) is 45.6. The van der Waals surface area contributed by atoms with E-state index in [-0.39, 0.29) is 24.3 Å². The molecule has 2 amide bonds. The molecule has 7 rings (SSSR count). The number of benzene rings is 3. The van der Waals surface area contributed by atoms with E-state index < -0.39 is 11.2 Å². The SMILES string of the molecule is CC(C)(C)OC(=O)N1CCC[C@H]1c1ncc(-c2ccc3cc4cc(-c5cnc([C@@H]6CCCN6C(=O)OC(C)(C)C)[nH]5)ccc4cc3c2)[nH]1. The lowest BCUT2D eigenvalue weighted by molar-refractivity contribution is 0.0208. The lowest BCUT2D eigenvalue weighted by Gasteiger charge is -2.27. The van der Waals surface area contributed by atoms with E-state index in [2.05, 4.69) is 68.5 Å². The molecule has 2 aromatic heterocycles. The molecule has 0 unspecified atom stereocenters. The molecule has 0 bridgehead atoms. The average molecular weight is 649 g/mol. The van der Waals surface area contributed by atoms with Gasteiger partial charge in [-0.2, -0.15) is 0 Å². The Morgan fingerprint density at radius 1 is 0.646 bits per heavy atom. The Morgan fingerprint density at radius 2 is 1.06 bits per heavy atom. The van der Waals surface area contributed by atoms with Crippen molar-refractivity contribution in [3.8, 4) is 22.5 Å². The number of imidazole rings is 2. The summed E-state index contributed by atoms with van der Waals surface area (Å²) in [6.45, 7) is 12.6. The lowest BCUT2D eigenvalue weighted by atomic mass is 9.99. The molecule has 0 radical (unpaired) electrons. The van der Waals surface area contributed by atoms with Gasteiger partial charge >= 0.3 is 12.2 Å². The van der Waals surface area contributed by atoms with Crippen LogP contribution < -0.4 is 0 Å². The third kappa shape index (κ3) is 6.48. The van der Waals surface area contributed by atoms with Gasteiger partial charge in [0.25, 0.3) is 0 Å². The molecule has 5 aromatic rings. The Morgan fingerprint density at radius 3 is 1.46 bits per heavy atom. The average Bonchev–Trinajstić information content (AvgIpc) is 3.83. The molecule has 0 saturated carbocycles. The number of nitrogens with zero attached hydrogens (tertiary/aromatic N) is 4. The van der Waals surface area contributed by atoms with Crippen molar-refractivity contribution in [3.05, 3.63) is 72.6 Å². The van der Waals surface area contributed by atoms with Crippen molar-refractivity contribution >= 4 is 33.7 Å². The van der Waals surface area contributed by atoms with Crippen molar-refractivity contribution in [3.63, 3.8) is 0 Å². The monoisotopic (exact) mass is 648 g/mol. The number of nitrogens with one attached hydrogen (secondary N) is 2. The number of H-pyrrole nitrogens is 2. The maximum absolute atomic E-state index is 12.8. The molecule has 2 saturated heterocycles. The molecule has 2 N–H and O–H groups in total. The fourth-order valence-corrected chi connectivity index (χ4v) is 6.82. The van der Waals surface area contributed by atoms with Gasteiger partial charge in [0.1, 0.15) is 22.9 Å². The molecule has 10 heteroatoms. The summed E-state index contributed by atoms with van der Waals surface area (Å²) in [6.07, 6.45) is 6.65. The second-order valence-corrected chi connectivity index (χ2v) is 15.0. The summed E-state index contributed by atoms with van der Waals surface area (Å²) in [5.74, 6) is 1.57. The van der Waals surface area contributed by atoms with Gasteiger partial charge in [0.05, 0.1) is 35.9 Å². The Labute approximate surface area is 280 Å². The van der Waals surface area contributed by atoms with Crippen LogP contribution in [0.5, 0.6) is 0 Å². The van der Waals surface area contributed by atoms with Crippen LogP contribution >= 0.6 is 0 Å². The first-order valence-corrected chi connectivity index (χ1v) is 16.9. The minimum Gasteiger partial charge on any atom is -0.444 e. The Kier molecular flexibility index (Phi) is 7.92. The fourth-order valence-electron chi connectivity index (χ4n) is 6.82. The number of carbonyl (C=O) groups excluding carboxylic acids is 2. The number of rotatable bonds is 4. The molecule has 3 aromatic carbocycles. The molecule has 0 spiro atoms. The molecule has 48 heavy (non-hydrogen) atoms.